The largest absolute Gasteiger partial charge is 0.423 e. The van der Waals surface area contributed by atoms with E-state index in [1.54, 1.807) is 50.2 Å². The standard InChI is InChI=1S/C28H21NO7/c1-16(2)29-26(32)22-14-20-12-13-21(15-23(20)36-28(22)34)35-27(33)19-10-8-18(9-11-19)25(31)24(30)17-6-4-3-5-7-17/h3-16H,1-2H3,(H,29,32). The highest BCUT2D eigenvalue weighted by Gasteiger charge is 2.19. The number of nitrogens with one attached hydrogen (secondary N) is 1. The number of ether oxygens (including phenoxy) is 1. The lowest BCUT2D eigenvalue weighted by Gasteiger charge is -2.09. The molecule has 0 unspecified atom stereocenters. The Morgan fingerprint density at radius 2 is 1.39 bits per heavy atom. The SMILES string of the molecule is CC(C)NC(=O)c1cc2ccc(OC(=O)c3ccc(C(=O)C(=O)c4ccccc4)cc3)cc2oc1=O. The fraction of sp³-hybridized carbons (Fsp3) is 0.107. The van der Waals surface area contributed by atoms with Gasteiger partial charge in [0.1, 0.15) is 16.9 Å². The minimum Gasteiger partial charge on any atom is -0.423 e. The fourth-order valence-electron chi connectivity index (χ4n) is 3.43. The first-order chi connectivity index (χ1) is 17.2. The Bertz CT molecular complexity index is 1530. The van der Waals surface area contributed by atoms with E-state index in [0.29, 0.717) is 5.39 Å². The van der Waals surface area contributed by atoms with Crippen LogP contribution in [0, 0.1) is 0 Å². The van der Waals surface area contributed by atoms with Gasteiger partial charge in [-0.05, 0) is 44.2 Å². The van der Waals surface area contributed by atoms with Gasteiger partial charge in [-0.25, -0.2) is 9.59 Å². The van der Waals surface area contributed by atoms with E-state index in [9.17, 15) is 24.0 Å². The molecule has 36 heavy (non-hydrogen) atoms. The molecule has 1 heterocycles. The summed E-state index contributed by atoms with van der Waals surface area (Å²) in [6.45, 7) is 3.55. The van der Waals surface area contributed by atoms with Crippen LogP contribution in [0.4, 0.5) is 0 Å². The van der Waals surface area contributed by atoms with Gasteiger partial charge in [-0.15, -0.1) is 0 Å². The molecule has 0 aliphatic rings. The Kier molecular flexibility index (Phi) is 6.87. The highest BCUT2D eigenvalue weighted by molar-refractivity contribution is 6.49. The summed E-state index contributed by atoms with van der Waals surface area (Å²) in [6, 6.07) is 19.4. The molecule has 0 saturated carbocycles. The minimum absolute atomic E-state index is 0.120. The molecule has 0 saturated heterocycles. The summed E-state index contributed by atoms with van der Waals surface area (Å²) in [7, 11) is 0. The molecule has 1 aromatic heterocycles. The zero-order chi connectivity index (χ0) is 25.8. The maximum atomic E-state index is 12.6. The number of amides is 1. The van der Waals surface area contributed by atoms with Crippen molar-refractivity contribution in [2.45, 2.75) is 19.9 Å². The second-order valence-corrected chi connectivity index (χ2v) is 8.27. The van der Waals surface area contributed by atoms with Crippen LogP contribution in [0.3, 0.4) is 0 Å². The average Bonchev–Trinajstić information content (AvgIpc) is 2.87. The number of hydrogen-bond acceptors (Lipinski definition) is 7. The number of ketones is 2. The van der Waals surface area contributed by atoms with Gasteiger partial charge in [-0.1, -0.05) is 42.5 Å². The van der Waals surface area contributed by atoms with E-state index >= 15 is 0 Å². The van der Waals surface area contributed by atoms with Crippen LogP contribution >= 0.6 is 0 Å². The fourth-order valence-corrected chi connectivity index (χ4v) is 3.43. The number of carbonyl (C=O) groups is 4. The topological polar surface area (TPSA) is 120 Å². The Hall–Kier alpha value is -4.85. The highest BCUT2D eigenvalue weighted by Crippen LogP contribution is 2.22. The van der Waals surface area contributed by atoms with Gasteiger partial charge in [-0.2, -0.15) is 0 Å². The number of benzene rings is 3. The van der Waals surface area contributed by atoms with Gasteiger partial charge in [0.25, 0.3) is 5.91 Å². The molecule has 3 aromatic carbocycles. The van der Waals surface area contributed by atoms with Crippen molar-refractivity contribution in [1.29, 1.82) is 0 Å². The summed E-state index contributed by atoms with van der Waals surface area (Å²) >= 11 is 0. The Balaban J connectivity index is 1.49. The van der Waals surface area contributed by atoms with Crippen molar-refractivity contribution in [3.63, 3.8) is 0 Å². The zero-order valence-electron chi connectivity index (χ0n) is 19.4. The molecule has 0 aliphatic heterocycles. The van der Waals surface area contributed by atoms with Crippen molar-refractivity contribution in [1.82, 2.24) is 5.32 Å². The van der Waals surface area contributed by atoms with E-state index in [4.69, 9.17) is 9.15 Å². The van der Waals surface area contributed by atoms with Crippen LogP contribution in [0.2, 0.25) is 0 Å². The quantitative estimate of drug-likeness (QED) is 0.137. The molecule has 0 aliphatic carbocycles. The summed E-state index contributed by atoms with van der Waals surface area (Å²) < 4.78 is 10.6. The second-order valence-electron chi connectivity index (χ2n) is 8.27. The second kappa shape index (κ2) is 10.2. The van der Waals surface area contributed by atoms with Crippen molar-refractivity contribution in [2.24, 2.45) is 0 Å². The molecule has 0 radical (unpaired) electrons. The predicted octanol–water partition coefficient (Wildman–Crippen LogP) is 4.22. The van der Waals surface area contributed by atoms with Crippen molar-refractivity contribution < 1.29 is 28.3 Å². The molecular formula is C28H21NO7. The van der Waals surface area contributed by atoms with Crippen LogP contribution in [-0.2, 0) is 0 Å². The van der Waals surface area contributed by atoms with E-state index in [1.807, 2.05) is 0 Å². The van der Waals surface area contributed by atoms with Crippen LogP contribution in [0.5, 0.6) is 5.75 Å². The number of rotatable bonds is 7. The average molecular weight is 483 g/mol. The summed E-state index contributed by atoms with van der Waals surface area (Å²) in [5.74, 6) is -2.46. The third-order valence-electron chi connectivity index (χ3n) is 5.21. The summed E-state index contributed by atoms with van der Waals surface area (Å²) in [6.07, 6.45) is 0. The minimum atomic E-state index is -0.811. The van der Waals surface area contributed by atoms with Crippen LogP contribution < -0.4 is 15.7 Å². The molecule has 0 spiro atoms. The lowest BCUT2D eigenvalue weighted by Crippen LogP contribution is -2.33. The Labute approximate surface area is 205 Å². The molecule has 0 atom stereocenters. The molecule has 180 valence electrons. The lowest BCUT2D eigenvalue weighted by molar-refractivity contribution is 0.0734. The molecule has 0 bridgehead atoms. The molecular weight excluding hydrogens is 462 g/mol. The van der Waals surface area contributed by atoms with Gasteiger partial charge >= 0.3 is 11.6 Å². The van der Waals surface area contributed by atoms with Crippen molar-refractivity contribution in [2.75, 3.05) is 0 Å². The van der Waals surface area contributed by atoms with Gasteiger partial charge < -0.3 is 14.5 Å². The van der Waals surface area contributed by atoms with E-state index in [0.717, 1.165) is 0 Å². The maximum Gasteiger partial charge on any atom is 0.349 e. The van der Waals surface area contributed by atoms with E-state index < -0.39 is 29.1 Å². The van der Waals surface area contributed by atoms with Crippen LogP contribution in [0.1, 0.15) is 55.3 Å². The molecule has 4 rings (SSSR count). The summed E-state index contributed by atoms with van der Waals surface area (Å²) in [4.78, 5) is 61.8. The zero-order valence-corrected chi connectivity index (χ0v) is 19.4. The molecule has 8 nitrogen and oxygen atoms in total. The maximum absolute atomic E-state index is 12.6. The number of carbonyl (C=O) groups excluding carboxylic acids is 4. The van der Waals surface area contributed by atoms with Crippen molar-refractivity contribution in [3.05, 3.63) is 112 Å². The predicted molar refractivity (Wildman–Crippen MR) is 132 cm³/mol. The van der Waals surface area contributed by atoms with Gasteiger partial charge in [0.05, 0.1) is 5.56 Å². The monoisotopic (exact) mass is 483 g/mol. The van der Waals surface area contributed by atoms with Gasteiger partial charge in [0, 0.05) is 28.6 Å². The van der Waals surface area contributed by atoms with E-state index in [1.165, 1.54) is 42.5 Å². The third-order valence-corrected chi connectivity index (χ3v) is 5.21. The molecule has 1 amide bonds. The van der Waals surface area contributed by atoms with Crippen LogP contribution in [-0.4, -0.2) is 29.5 Å². The summed E-state index contributed by atoms with van der Waals surface area (Å²) in [5.41, 5.74) is -0.213. The van der Waals surface area contributed by atoms with Crippen molar-refractivity contribution >= 4 is 34.4 Å². The number of esters is 1. The van der Waals surface area contributed by atoms with E-state index in [2.05, 4.69) is 5.32 Å². The number of Topliss-reactive ketones (excluding diaryl/α,β-unsaturated/α-hetero) is 2. The van der Waals surface area contributed by atoms with Gasteiger partial charge in [0.2, 0.25) is 11.6 Å². The van der Waals surface area contributed by atoms with E-state index in [-0.39, 0.29) is 39.6 Å². The molecule has 0 fully saturated rings. The summed E-state index contributed by atoms with van der Waals surface area (Å²) in [5, 5.41) is 3.12. The molecule has 4 aromatic rings. The number of hydrogen-bond donors (Lipinski definition) is 1. The smallest absolute Gasteiger partial charge is 0.349 e. The highest BCUT2D eigenvalue weighted by atomic mass is 16.5. The van der Waals surface area contributed by atoms with Gasteiger partial charge in [-0.3, -0.25) is 14.4 Å². The van der Waals surface area contributed by atoms with Crippen LogP contribution in [0.15, 0.2) is 88.1 Å². The normalized spacial score (nSPS) is 10.8. The first-order valence-electron chi connectivity index (χ1n) is 11.1. The first kappa shape index (κ1) is 24.3. The van der Waals surface area contributed by atoms with Gasteiger partial charge in [0.15, 0.2) is 0 Å². The number of fused-ring (bicyclic) bond motifs is 1. The molecule has 8 heteroatoms. The Morgan fingerprint density at radius 3 is 2.03 bits per heavy atom. The van der Waals surface area contributed by atoms with Crippen LogP contribution in [0.25, 0.3) is 11.0 Å². The first-order valence-corrected chi connectivity index (χ1v) is 11.1. The molecule has 1 N–H and O–H groups in total. The van der Waals surface area contributed by atoms with Crippen molar-refractivity contribution in [3.8, 4) is 5.75 Å². The lowest BCUT2D eigenvalue weighted by atomic mass is 10.0. The Morgan fingerprint density at radius 1 is 0.778 bits per heavy atom. The third kappa shape index (κ3) is 5.28.